The average Bonchev–Trinajstić information content (AvgIpc) is 3.72. The summed E-state index contributed by atoms with van der Waals surface area (Å²) in [6.45, 7) is -1.76. The van der Waals surface area contributed by atoms with E-state index < -0.39 is 97.3 Å². The van der Waals surface area contributed by atoms with E-state index in [9.17, 15) is 49.8 Å². The number of benzene rings is 3. The Morgan fingerprint density at radius 1 is 1.00 bits per heavy atom. The van der Waals surface area contributed by atoms with Crippen molar-refractivity contribution in [1.82, 2.24) is 5.32 Å². The molecular weight excluding hydrogens is 847 g/mol. The van der Waals surface area contributed by atoms with Crippen molar-refractivity contribution in [3.8, 4) is 11.5 Å². The van der Waals surface area contributed by atoms with E-state index in [1.165, 1.54) is 30.5 Å². The van der Waals surface area contributed by atoms with E-state index in [0.717, 1.165) is 6.42 Å². The van der Waals surface area contributed by atoms with Crippen LogP contribution in [0.4, 0.5) is 5.69 Å². The number of allylic oxidation sites excluding steroid dienone is 1. The number of amides is 1. The van der Waals surface area contributed by atoms with Gasteiger partial charge in [0.1, 0.15) is 42.5 Å². The number of guanidine groups is 1. The van der Waals surface area contributed by atoms with Gasteiger partial charge in [0.05, 0.1) is 24.5 Å². The minimum absolute atomic E-state index is 0.000382. The number of ether oxygens (including phenoxy) is 4. The maximum absolute atomic E-state index is 14.9. The highest BCUT2D eigenvalue weighted by molar-refractivity contribution is 6.68. The van der Waals surface area contributed by atoms with Gasteiger partial charge in [-0.1, -0.05) is 30.7 Å². The minimum Gasteiger partial charge on any atom is -0.492 e. The van der Waals surface area contributed by atoms with Crippen LogP contribution in [0, 0.1) is 5.41 Å². The van der Waals surface area contributed by atoms with E-state index in [4.69, 9.17) is 24.4 Å². The third-order valence-electron chi connectivity index (χ3n) is 13.2. The quantitative estimate of drug-likeness (QED) is 0.0948. The third kappa shape index (κ3) is 7.47. The van der Waals surface area contributed by atoms with Gasteiger partial charge in [0.15, 0.2) is 35.3 Å². The number of nitrogens with one attached hydrogen (secondary N) is 3. The monoisotopic (exact) mass is 894 g/mol. The Hall–Kier alpha value is -6.03. The molecule has 1 saturated heterocycles. The Bertz CT molecular complexity index is 2570. The molecule has 2 aliphatic carbocycles. The number of hydrogen-bond donors (Lipinski definition) is 9. The maximum Gasteiger partial charge on any atom is 0.284 e. The number of carbonyl (C=O) groups is 4. The van der Waals surface area contributed by atoms with Gasteiger partial charge in [0.25, 0.3) is 11.7 Å². The summed E-state index contributed by atoms with van der Waals surface area (Å²) in [6, 6.07) is 12.8. The van der Waals surface area contributed by atoms with Crippen LogP contribution in [-0.4, -0.2) is 134 Å². The molecule has 8 atom stereocenters. The lowest BCUT2D eigenvalue weighted by Gasteiger charge is -2.53. The molecule has 0 aromatic heterocycles. The van der Waals surface area contributed by atoms with Crippen molar-refractivity contribution >= 4 is 47.0 Å². The predicted molar refractivity (Wildman–Crippen MR) is 226 cm³/mol. The Kier molecular flexibility index (Phi) is 11.8. The van der Waals surface area contributed by atoms with Gasteiger partial charge < -0.3 is 54.4 Å². The van der Waals surface area contributed by atoms with Crippen molar-refractivity contribution in [3.63, 3.8) is 0 Å². The first-order chi connectivity index (χ1) is 31.3. The Morgan fingerprint density at radius 3 is 2.54 bits per heavy atom. The number of quaternary nitrogens is 1. The number of fused-ring (bicyclic) bond motifs is 7. The first-order valence-corrected chi connectivity index (χ1v) is 21.5. The number of amidine groups is 1. The Labute approximate surface area is 371 Å². The van der Waals surface area contributed by atoms with Gasteiger partial charge in [0, 0.05) is 53.2 Å². The number of aldehydes is 1. The molecule has 19 nitrogen and oxygen atoms in total. The van der Waals surface area contributed by atoms with Crippen LogP contribution < -0.4 is 19.7 Å². The SMILES string of the molecule is N=C1N=C2C(=NC[NH+]2c2ccccc2C2C=COC3(CCCCC3)C3OC(Oc4c2cc2c(c4OCC(O)CC=O)C(=O)c4cc(CO)ccc4C2=O)C(O)(CCO)C(O)C3O)C(=O)N1. The van der Waals surface area contributed by atoms with Gasteiger partial charge in [-0.3, -0.25) is 25.1 Å². The molecule has 2 fully saturated rings. The standard InChI is InChI=1S/C46H47N5O14/c47-44-49-41-33(42(60)50-44)48-22-51(41)31-7-3-2-6-26(31)25-11-17-63-45(12-4-1-5-13-45)40-36(58)39(59)46(61,14-16-53)43(65-40)64-37-29(25)19-30-32(38(37)62-21-24(55)10-15-52)35(57)28-18-23(20-54)8-9-27(28)34(30)56/h2-3,6-9,11,15,17-19,24-25,36,39-40,43,53-55,58-59,61H,1,4-5,10,12-14,16,20-22H2,(H2,47,50,60)/p+1. The van der Waals surface area contributed by atoms with Gasteiger partial charge in [0.2, 0.25) is 18.0 Å². The van der Waals surface area contributed by atoms with Crippen LogP contribution in [0.1, 0.15) is 99.4 Å². The number of carbonyl (C=O) groups excluding carboxylic acids is 4. The van der Waals surface area contributed by atoms with Crippen LogP contribution in [0.3, 0.4) is 0 Å². The van der Waals surface area contributed by atoms with E-state index in [1.807, 2.05) is 0 Å². The lowest BCUT2D eigenvalue weighted by atomic mass is 9.73. The molecule has 8 unspecified atom stereocenters. The van der Waals surface area contributed by atoms with Crippen LogP contribution >= 0.6 is 0 Å². The molecule has 3 aromatic carbocycles. The summed E-state index contributed by atoms with van der Waals surface area (Å²) in [5.74, 6) is -3.92. The number of aliphatic imine (C=N–C) groups is 2. The fourth-order valence-corrected chi connectivity index (χ4v) is 9.88. The van der Waals surface area contributed by atoms with Crippen molar-refractivity contribution in [2.24, 2.45) is 9.98 Å². The summed E-state index contributed by atoms with van der Waals surface area (Å²) < 4.78 is 26.4. The fourth-order valence-electron chi connectivity index (χ4n) is 9.88. The zero-order valence-electron chi connectivity index (χ0n) is 34.9. The molecule has 4 heterocycles. The number of hydrogen-bond acceptors (Lipinski definition) is 16. The van der Waals surface area contributed by atoms with Crippen molar-refractivity contribution < 1.29 is 73.7 Å². The van der Waals surface area contributed by atoms with Crippen LogP contribution in [-0.2, 0) is 25.7 Å². The number of rotatable bonds is 10. The molecule has 65 heavy (non-hydrogen) atoms. The van der Waals surface area contributed by atoms with Gasteiger partial charge in [-0.25, -0.2) is 9.89 Å². The summed E-state index contributed by atoms with van der Waals surface area (Å²) in [5, 5.41) is 77.8. The second-order valence-corrected chi connectivity index (χ2v) is 17.1. The molecule has 2 bridgehead atoms. The molecule has 340 valence electrons. The van der Waals surface area contributed by atoms with E-state index in [1.54, 1.807) is 30.3 Å². The lowest BCUT2D eigenvalue weighted by Crippen LogP contribution is -3.09. The second-order valence-electron chi connectivity index (χ2n) is 17.1. The second kappa shape index (κ2) is 17.4. The highest BCUT2D eigenvalue weighted by Crippen LogP contribution is 2.51. The average molecular weight is 895 g/mol. The van der Waals surface area contributed by atoms with E-state index in [0.29, 0.717) is 53.7 Å². The van der Waals surface area contributed by atoms with Crippen molar-refractivity contribution in [2.45, 2.75) is 99.4 Å². The van der Waals surface area contributed by atoms with Gasteiger partial charge in [-0.05, 0) is 61.6 Å². The molecule has 9 N–H and O–H groups in total. The largest absolute Gasteiger partial charge is 0.492 e. The van der Waals surface area contributed by atoms with Crippen LogP contribution in [0.5, 0.6) is 11.5 Å². The Balaban J connectivity index is 1.34. The van der Waals surface area contributed by atoms with Crippen LogP contribution in [0.25, 0.3) is 0 Å². The van der Waals surface area contributed by atoms with E-state index in [-0.39, 0.29) is 64.2 Å². The zero-order valence-corrected chi connectivity index (χ0v) is 34.9. The maximum atomic E-state index is 14.9. The lowest BCUT2D eigenvalue weighted by molar-refractivity contribution is -0.723. The fraction of sp³-hybridized carbons (Fsp3) is 0.413. The first-order valence-electron chi connectivity index (χ1n) is 21.5. The van der Waals surface area contributed by atoms with Gasteiger partial charge in [-0.2, -0.15) is 4.99 Å². The topological polar surface area (TPSA) is 292 Å². The molecule has 3 aromatic rings. The molecule has 1 saturated carbocycles. The zero-order chi connectivity index (χ0) is 45.8. The van der Waals surface area contributed by atoms with Gasteiger partial charge >= 0.3 is 0 Å². The summed E-state index contributed by atoms with van der Waals surface area (Å²) in [5.41, 5.74) is -2.86. The molecule has 9 rings (SSSR count). The molecule has 4 aliphatic heterocycles. The van der Waals surface area contributed by atoms with E-state index in [2.05, 4.69) is 15.3 Å². The van der Waals surface area contributed by atoms with Crippen LogP contribution in [0.15, 0.2) is 70.9 Å². The summed E-state index contributed by atoms with van der Waals surface area (Å²) in [4.78, 5) is 63.4. The number of nitrogens with zero attached hydrogens (tertiary/aromatic N) is 2. The third-order valence-corrected chi connectivity index (χ3v) is 13.2. The molecule has 1 spiro atoms. The Morgan fingerprint density at radius 2 is 1.78 bits per heavy atom. The smallest absolute Gasteiger partial charge is 0.284 e. The minimum atomic E-state index is -2.53. The van der Waals surface area contributed by atoms with Crippen LogP contribution in [0.2, 0.25) is 0 Å². The first kappa shape index (κ1) is 44.2. The van der Waals surface area contributed by atoms with Gasteiger partial charge in [-0.15, -0.1) is 0 Å². The van der Waals surface area contributed by atoms with Crippen molar-refractivity contribution in [2.75, 3.05) is 19.9 Å². The number of ketones is 2. The predicted octanol–water partition coefficient (Wildman–Crippen LogP) is -0.00773. The number of aliphatic hydroxyl groups is 6. The summed E-state index contributed by atoms with van der Waals surface area (Å²) in [6.07, 6.45) is -2.97. The molecule has 1 amide bonds. The summed E-state index contributed by atoms with van der Waals surface area (Å²) >= 11 is 0. The molecule has 19 heteroatoms. The normalized spacial score (nSPS) is 28.2. The highest BCUT2D eigenvalue weighted by Gasteiger charge is 2.62. The molecule has 0 radical (unpaired) electrons. The van der Waals surface area contributed by atoms with Crippen molar-refractivity contribution in [1.29, 1.82) is 5.41 Å². The van der Waals surface area contributed by atoms with E-state index >= 15 is 0 Å². The highest BCUT2D eigenvalue weighted by atomic mass is 16.7. The molecular formula is C46H48N5O14+. The summed E-state index contributed by atoms with van der Waals surface area (Å²) in [7, 11) is 0. The number of para-hydroxylation sites is 1. The molecule has 6 aliphatic rings. The number of aliphatic hydroxyl groups excluding tert-OH is 5. The van der Waals surface area contributed by atoms with Crippen molar-refractivity contribution in [3.05, 3.63) is 99.8 Å².